The van der Waals surface area contributed by atoms with Crippen molar-refractivity contribution in [1.82, 2.24) is 4.57 Å². The molecule has 0 radical (unpaired) electrons. The normalized spacial score (nSPS) is 15.4. The average Bonchev–Trinajstić information content (AvgIpc) is 4.03. The Bertz CT molecular complexity index is 3860. The third kappa shape index (κ3) is 6.05. The highest BCUT2D eigenvalue weighted by atomic mass is 15.1. The van der Waals surface area contributed by atoms with Crippen LogP contribution < -0.4 is 4.90 Å². The molecule has 11 aromatic rings. The van der Waals surface area contributed by atoms with Crippen molar-refractivity contribution in [2.24, 2.45) is 0 Å². The number of hydrogen-bond donors (Lipinski definition) is 0. The van der Waals surface area contributed by atoms with Gasteiger partial charge in [0.05, 0.1) is 16.4 Å². The van der Waals surface area contributed by atoms with E-state index in [4.69, 9.17) is 0 Å². The summed E-state index contributed by atoms with van der Waals surface area (Å²) in [4.78, 5) is 2.35. The Kier molecular flexibility index (Phi) is 8.97. The standard InChI is InChI=1S/C67H46N2/c1-4-16-45(17-5-1)46-28-35-53(36-29-46)68(51-18-6-2-7-19-51)54-37-30-47(31-38-54)49-32-39-57-58-40-33-50(44-64(58)67(63(57)43-49)61-25-13-10-22-55(61)56-23-11-14-26-62(56)67)48-34-41-66-60(42-48)59-24-12-15-27-65(59)69(66)52-20-8-3-9-21-52/h1-13,15-25,27-44H,14,26H2. The van der Waals surface area contributed by atoms with Crippen LogP contribution in [0.25, 0.3) is 77.6 Å². The van der Waals surface area contributed by atoms with E-state index in [2.05, 4.69) is 264 Å². The van der Waals surface area contributed by atoms with E-state index in [0.717, 1.165) is 29.9 Å². The minimum atomic E-state index is -0.406. The van der Waals surface area contributed by atoms with Gasteiger partial charge >= 0.3 is 0 Å². The zero-order valence-corrected chi connectivity index (χ0v) is 38.1. The van der Waals surface area contributed by atoms with Gasteiger partial charge in [-0.3, -0.25) is 0 Å². The van der Waals surface area contributed by atoms with E-state index >= 15 is 0 Å². The molecule has 0 saturated carbocycles. The van der Waals surface area contributed by atoms with Crippen molar-refractivity contribution in [1.29, 1.82) is 0 Å². The summed E-state index contributed by atoms with van der Waals surface area (Å²) < 4.78 is 2.40. The van der Waals surface area contributed by atoms with E-state index in [1.165, 1.54) is 105 Å². The van der Waals surface area contributed by atoms with Gasteiger partial charge in [-0.25, -0.2) is 0 Å². The molecule has 1 heterocycles. The number of nitrogens with zero attached hydrogens (tertiary/aromatic N) is 2. The Morgan fingerprint density at radius 3 is 1.58 bits per heavy atom. The van der Waals surface area contributed by atoms with Crippen LogP contribution in [0.1, 0.15) is 35.1 Å². The molecule has 69 heavy (non-hydrogen) atoms. The van der Waals surface area contributed by atoms with Gasteiger partial charge in [-0.05, 0) is 170 Å². The van der Waals surface area contributed by atoms with E-state index in [1.54, 1.807) is 0 Å². The van der Waals surface area contributed by atoms with Crippen molar-refractivity contribution in [3.63, 3.8) is 0 Å². The smallest absolute Gasteiger partial charge is 0.0688 e. The second-order valence-corrected chi connectivity index (χ2v) is 18.7. The molecule has 0 N–H and O–H groups in total. The van der Waals surface area contributed by atoms with Gasteiger partial charge in [-0.15, -0.1) is 0 Å². The minimum Gasteiger partial charge on any atom is -0.311 e. The largest absolute Gasteiger partial charge is 0.311 e. The number of rotatable bonds is 7. The fourth-order valence-corrected chi connectivity index (χ4v) is 12.1. The molecule has 1 atom stereocenters. The predicted molar refractivity (Wildman–Crippen MR) is 289 cm³/mol. The lowest BCUT2D eigenvalue weighted by Gasteiger charge is -2.34. The molecule has 14 rings (SSSR count). The van der Waals surface area contributed by atoms with Gasteiger partial charge in [0.15, 0.2) is 0 Å². The molecule has 3 aliphatic carbocycles. The first-order valence-electron chi connectivity index (χ1n) is 24.2. The predicted octanol–water partition coefficient (Wildman–Crippen LogP) is 17.7. The molecular weight excluding hydrogens is 833 g/mol. The van der Waals surface area contributed by atoms with Crippen LogP contribution in [0.15, 0.2) is 260 Å². The van der Waals surface area contributed by atoms with E-state index in [9.17, 15) is 0 Å². The van der Waals surface area contributed by atoms with Crippen molar-refractivity contribution in [3.05, 3.63) is 283 Å². The molecule has 0 fully saturated rings. The molecule has 1 unspecified atom stereocenters. The Hall–Kier alpha value is -8.72. The number of para-hydroxylation sites is 3. The molecule has 324 valence electrons. The molecule has 2 heteroatoms. The van der Waals surface area contributed by atoms with Crippen LogP contribution in [0.4, 0.5) is 17.1 Å². The average molecular weight is 879 g/mol. The number of hydrogen-bond acceptors (Lipinski definition) is 1. The third-order valence-corrected chi connectivity index (χ3v) is 15.1. The van der Waals surface area contributed by atoms with Gasteiger partial charge in [-0.1, -0.05) is 176 Å². The van der Waals surface area contributed by atoms with Crippen LogP contribution in [0.3, 0.4) is 0 Å². The maximum atomic E-state index is 2.54. The van der Waals surface area contributed by atoms with Gasteiger partial charge in [-0.2, -0.15) is 0 Å². The van der Waals surface area contributed by atoms with Crippen LogP contribution in [0.5, 0.6) is 0 Å². The Morgan fingerprint density at radius 1 is 0.362 bits per heavy atom. The summed E-state index contributed by atoms with van der Waals surface area (Å²) in [5.74, 6) is 0. The Labute approximate surface area is 403 Å². The molecule has 10 aromatic carbocycles. The molecule has 1 spiro atoms. The molecular formula is C67H46N2. The second kappa shape index (κ2) is 15.7. The maximum Gasteiger partial charge on any atom is 0.0688 e. The first-order valence-corrected chi connectivity index (χ1v) is 24.2. The van der Waals surface area contributed by atoms with Gasteiger partial charge in [0.2, 0.25) is 0 Å². The lowest BCUT2D eigenvalue weighted by Crippen LogP contribution is -2.28. The fraction of sp³-hybridized carbons (Fsp3) is 0.0448. The monoisotopic (exact) mass is 878 g/mol. The summed E-state index contributed by atoms with van der Waals surface area (Å²) in [7, 11) is 0. The topological polar surface area (TPSA) is 8.17 Å². The minimum absolute atomic E-state index is 0.406. The molecule has 2 nitrogen and oxygen atoms in total. The van der Waals surface area contributed by atoms with Crippen molar-refractivity contribution >= 4 is 44.4 Å². The fourth-order valence-electron chi connectivity index (χ4n) is 12.1. The van der Waals surface area contributed by atoms with Gasteiger partial charge in [0.25, 0.3) is 0 Å². The molecule has 0 bridgehead atoms. The maximum absolute atomic E-state index is 2.54. The van der Waals surface area contributed by atoms with E-state index < -0.39 is 5.41 Å². The number of aromatic nitrogens is 1. The zero-order valence-electron chi connectivity index (χ0n) is 38.1. The number of fused-ring (bicyclic) bond motifs is 12. The van der Waals surface area contributed by atoms with Gasteiger partial charge in [0.1, 0.15) is 0 Å². The highest BCUT2D eigenvalue weighted by Crippen LogP contribution is 2.64. The second-order valence-electron chi connectivity index (χ2n) is 18.7. The van der Waals surface area contributed by atoms with E-state index in [0.29, 0.717) is 0 Å². The summed E-state index contributed by atoms with van der Waals surface area (Å²) >= 11 is 0. The summed E-state index contributed by atoms with van der Waals surface area (Å²) in [6.45, 7) is 0. The van der Waals surface area contributed by atoms with Gasteiger partial charge < -0.3 is 9.47 Å². The number of anilines is 3. The summed E-state index contributed by atoms with van der Waals surface area (Å²) in [6, 6.07) is 89.8. The van der Waals surface area contributed by atoms with E-state index in [-0.39, 0.29) is 0 Å². The van der Waals surface area contributed by atoms with Gasteiger partial charge in [0, 0.05) is 33.5 Å². The van der Waals surface area contributed by atoms with Crippen LogP contribution in [-0.2, 0) is 5.41 Å². The van der Waals surface area contributed by atoms with Crippen molar-refractivity contribution in [2.75, 3.05) is 4.90 Å². The van der Waals surface area contributed by atoms with Crippen LogP contribution in [-0.4, -0.2) is 4.57 Å². The Balaban J connectivity index is 0.894. The first kappa shape index (κ1) is 39.4. The number of benzene rings is 10. The summed E-state index contributed by atoms with van der Waals surface area (Å²) in [6.07, 6.45) is 6.84. The van der Waals surface area contributed by atoms with Crippen molar-refractivity contribution in [3.8, 4) is 50.2 Å². The quantitative estimate of drug-likeness (QED) is 0.155. The molecule has 3 aliphatic rings. The molecule has 0 amide bonds. The van der Waals surface area contributed by atoms with E-state index in [1.807, 2.05) is 0 Å². The first-order chi connectivity index (χ1) is 34.2. The van der Waals surface area contributed by atoms with Crippen LogP contribution >= 0.6 is 0 Å². The third-order valence-electron chi connectivity index (χ3n) is 15.1. The van der Waals surface area contributed by atoms with Crippen molar-refractivity contribution < 1.29 is 0 Å². The van der Waals surface area contributed by atoms with Crippen molar-refractivity contribution in [2.45, 2.75) is 18.3 Å². The summed E-state index contributed by atoms with van der Waals surface area (Å²) in [5.41, 5.74) is 25.0. The lowest BCUT2D eigenvalue weighted by molar-refractivity contribution is 0.714. The molecule has 0 aliphatic heterocycles. The lowest BCUT2D eigenvalue weighted by atomic mass is 9.67. The Morgan fingerprint density at radius 2 is 0.870 bits per heavy atom. The van der Waals surface area contributed by atoms with Crippen LogP contribution in [0.2, 0.25) is 0 Å². The van der Waals surface area contributed by atoms with Crippen LogP contribution in [0, 0.1) is 0 Å². The highest BCUT2D eigenvalue weighted by Gasteiger charge is 2.52. The number of allylic oxidation sites excluding steroid dienone is 4. The summed E-state index contributed by atoms with van der Waals surface area (Å²) in [5, 5.41) is 2.53. The highest BCUT2D eigenvalue weighted by molar-refractivity contribution is 6.10. The molecule has 1 aromatic heterocycles. The molecule has 0 saturated heterocycles. The zero-order chi connectivity index (χ0) is 45.5. The SMILES string of the molecule is C1=CC2=C(CC1)C1(c3ccccc32)c2cc(-c3ccc(N(c4ccccc4)c4ccc(-c5ccccc5)cc4)cc3)ccc2-c2ccc(-c3ccc4c(c3)c3ccccc3n4-c3ccccc3)cc21.